The highest BCUT2D eigenvalue weighted by Crippen LogP contribution is 2.24. The Morgan fingerprint density at radius 1 is 0.958 bits per heavy atom. The molecule has 0 saturated carbocycles. The normalized spacial score (nSPS) is 10.4. The van der Waals surface area contributed by atoms with E-state index in [9.17, 15) is 10.1 Å². The molecule has 24 heavy (non-hydrogen) atoms. The van der Waals surface area contributed by atoms with Crippen molar-refractivity contribution >= 4 is 5.82 Å². The molecule has 0 atom stereocenters. The Balaban J connectivity index is 1.78. The molecule has 0 amide bonds. The van der Waals surface area contributed by atoms with Crippen LogP contribution in [0.2, 0.25) is 0 Å². The van der Waals surface area contributed by atoms with Crippen molar-refractivity contribution in [3.8, 4) is 17.2 Å². The van der Waals surface area contributed by atoms with Crippen molar-refractivity contribution in [2.75, 3.05) is 33.5 Å². The maximum Gasteiger partial charge on any atom is 0.363 e. The molecule has 2 rings (SSSR count). The highest BCUT2D eigenvalue weighted by Gasteiger charge is 2.07. The van der Waals surface area contributed by atoms with E-state index in [2.05, 4.69) is 4.98 Å². The van der Waals surface area contributed by atoms with Crippen LogP contribution in [0.15, 0.2) is 42.6 Å². The first-order chi connectivity index (χ1) is 11.7. The van der Waals surface area contributed by atoms with Crippen LogP contribution in [-0.4, -0.2) is 43.4 Å². The number of hydrogen-bond acceptors (Lipinski definition) is 7. The molecule has 0 aliphatic heterocycles. The average molecular weight is 334 g/mol. The van der Waals surface area contributed by atoms with E-state index in [1.54, 1.807) is 31.4 Å². The van der Waals surface area contributed by atoms with Gasteiger partial charge in [-0.3, -0.25) is 0 Å². The van der Waals surface area contributed by atoms with Crippen molar-refractivity contribution in [1.82, 2.24) is 4.98 Å². The van der Waals surface area contributed by atoms with Gasteiger partial charge in [-0.25, -0.2) is 0 Å². The van der Waals surface area contributed by atoms with Gasteiger partial charge in [-0.1, -0.05) is 0 Å². The lowest BCUT2D eigenvalue weighted by Gasteiger charge is -2.08. The molecule has 0 saturated heterocycles. The third kappa shape index (κ3) is 5.82. The van der Waals surface area contributed by atoms with Gasteiger partial charge in [0.1, 0.15) is 18.1 Å². The van der Waals surface area contributed by atoms with Crippen molar-refractivity contribution in [1.29, 1.82) is 0 Å². The zero-order chi connectivity index (χ0) is 17.2. The molecule has 8 nitrogen and oxygen atoms in total. The third-order valence-electron chi connectivity index (χ3n) is 2.90. The maximum atomic E-state index is 10.5. The van der Waals surface area contributed by atoms with E-state index >= 15 is 0 Å². The average Bonchev–Trinajstić information content (AvgIpc) is 2.60. The molecule has 0 N–H and O–H groups in total. The Hall–Kier alpha value is -2.71. The molecule has 1 aromatic heterocycles. The van der Waals surface area contributed by atoms with Crippen LogP contribution in [0.4, 0.5) is 5.82 Å². The van der Waals surface area contributed by atoms with Crippen molar-refractivity contribution < 1.29 is 23.9 Å². The fraction of sp³-hybridized carbons (Fsp3) is 0.312. The Morgan fingerprint density at radius 3 is 2.25 bits per heavy atom. The Labute approximate surface area is 139 Å². The standard InChI is InChI=1S/C16H18N2O6/c1-21-8-9-22-10-11-23-13-2-4-14(5-3-13)24-15-6-7-16(17-12-15)18(19)20/h2-7,12H,8-11H2,1H3. The van der Waals surface area contributed by atoms with E-state index in [1.165, 1.54) is 18.3 Å². The summed E-state index contributed by atoms with van der Waals surface area (Å²) in [5.41, 5.74) is 0. The Bertz CT molecular complexity index is 630. The Kier molecular flexibility index (Phi) is 6.93. The largest absolute Gasteiger partial charge is 0.491 e. The zero-order valence-electron chi connectivity index (χ0n) is 13.2. The van der Waals surface area contributed by atoms with Gasteiger partial charge >= 0.3 is 5.82 Å². The van der Waals surface area contributed by atoms with E-state index in [-0.39, 0.29) is 5.82 Å². The van der Waals surface area contributed by atoms with Gasteiger partial charge < -0.3 is 29.1 Å². The minimum absolute atomic E-state index is 0.223. The van der Waals surface area contributed by atoms with E-state index in [0.29, 0.717) is 43.7 Å². The van der Waals surface area contributed by atoms with Gasteiger partial charge in [0.25, 0.3) is 0 Å². The summed E-state index contributed by atoms with van der Waals surface area (Å²) in [6.45, 7) is 2.02. The first-order valence-corrected chi connectivity index (χ1v) is 7.27. The van der Waals surface area contributed by atoms with Gasteiger partial charge in [-0.15, -0.1) is 0 Å². The summed E-state index contributed by atoms with van der Waals surface area (Å²) < 4.78 is 21.2. The van der Waals surface area contributed by atoms with Crippen LogP contribution in [0.3, 0.4) is 0 Å². The number of nitro groups is 1. The predicted molar refractivity (Wildman–Crippen MR) is 85.6 cm³/mol. The topological polar surface area (TPSA) is 93.0 Å². The van der Waals surface area contributed by atoms with Crippen LogP contribution >= 0.6 is 0 Å². The van der Waals surface area contributed by atoms with Gasteiger partial charge in [0, 0.05) is 13.2 Å². The number of rotatable bonds is 10. The predicted octanol–water partition coefficient (Wildman–Crippen LogP) is 2.82. The number of methoxy groups -OCH3 is 1. The summed E-state index contributed by atoms with van der Waals surface area (Å²) in [4.78, 5) is 13.7. The molecule has 0 bridgehead atoms. The van der Waals surface area contributed by atoms with Crippen LogP contribution in [0.5, 0.6) is 17.2 Å². The number of pyridine rings is 1. The highest BCUT2D eigenvalue weighted by molar-refractivity contribution is 5.35. The molecule has 0 radical (unpaired) electrons. The monoisotopic (exact) mass is 334 g/mol. The number of ether oxygens (including phenoxy) is 4. The number of nitrogens with zero attached hydrogens (tertiary/aromatic N) is 2. The lowest BCUT2D eigenvalue weighted by molar-refractivity contribution is -0.389. The van der Waals surface area contributed by atoms with Gasteiger partial charge in [-0.2, -0.15) is 0 Å². The van der Waals surface area contributed by atoms with Crippen LogP contribution in [-0.2, 0) is 9.47 Å². The number of hydrogen-bond donors (Lipinski definition) is 0. The lowest BCUT2D eigenvalue weighted by Crippen LogP contribution is -2.09. The number of benzene rings is 1. The first-order valence-electron chi connectivity index (χ1n) is 7.27. The summed E-state index contributed by atoms with van der Waals surface area (Å²) in [7, 11) is 1.62. The van der Waals surface area contributed by atoms with E-state index in [1.807, 2.05) is 0 Å². The summed E-state index contributed by atoms with van der Waals surface area (Å²) in [6.07, 6.45) is 1.31. The molecule has 0 unspecified atom stereocenters. The minimum atomic E-state index is -0.561. The van der Waals surface area contributed by atoms with Crippen LogP contribution in [0.25, 0.3) is 0 Å². The molecule has 1 heterocycles. The summed E-state index contributed by atoms with van der Waals surface area (Å²) in [5.74, 6) is 1.47. The maximum absolute atomic E-state index is 10.5. The summed E-state index contributed by atoms with van der Waals surface area (Å²) in [6, 6.07) is 9.79. The quantitative estimate of drug-likeness (QED) is 0.375. The third-order valence-corrected chi connectivity index (χ3v) is 2.90. The fourth-order valence-corrected chi connectivity index (χ4v) is 1.74. The van der Waals surface area contributed by atoms with Crippen molar-refractivity contribution in [2.24, 2.45) is 0 Å². The van der Waals surface area contributed by atoms with Gasteiger partial charge in [-0.05, 0) is 40.2 Å². The molecule has 1 aromatic carbocycles. The van der Waals surface area contributed by atoms with E-state index < -0.39 is 4.92 Å². The van der Waals surface area contributed by atoms with E-state index in [0.717, 1.165) is 0 Å². The molecule has 0 fully saturated rings. The lowest BCUT2D eigenvalue weighted by atomic mass is 10.3. The second-order valence-corrected chi connectivity index (χ2v) is 4.64. The molecular formula is C16H18N2O6. The molecule has 0 aliphatic carbocycles. The number of aromatic nitrogens is 1. The van der Waals surface area contributed by atoms with E-state index in [4.69, 9.17) is 18.9 Å². The SMILES string of the molecule is COCCOCCOc1ccc(Oc2ccc([N+](=O)[O-])nc2)cc1. The zero-order valence-corrected chi connectivity index (χ0v) is 13.2. The van der Waals surface area contributed by atoms with Crippen LogP contribution < -0.4 is 9.47 Å². The van der Waals surface area contributed by atoms with Crippen LogP contribution in [0.1, 0.15) is 0 Å². The first kappa shape index (κ1) is 17.6. The molecule has 0 aliphatic rings. The molecule has 8 heteroatoms. The van der Waals surface area contributed by atoms with Crippen molar-refractivity contribution in [3.63, 3.8) is 0 Å². The van der Waals surface area contributed by atoms with Gasteiger partial charge in [0.15, 0.2) is 11.9 Å². The molecular weight excluding hydrogens is 316 g/mol. The van der Waals surface area contributed by atoms with Gasteiger partial charge in [0.2, 0.25) is 0 Å². The second-order valence-electron chi connectivity index (χ2n) is 4.64. The van der Waals surface area contributed by atoms with Crippen LogP contribution in [0, 0.1) is 10.1 Å². The fourth-order valence-electron chi connectivity index (χ4n) is 1.74. The van der Waals surface area contributed by atoms with Crippen molar-refractivity contribution in [3.05, 3.63) is 52.7 Å². The highest BCUT2D eigenvalue weighted by atomic mass is 16.6. The molecule has 0 spiro atoms. The molecule has 128 valence electrons. The molecule has 2 aromatic rings. The summed E-state index contributed by atoms with van der Waals surface area (Å²) >= 11 is 0. The Morgan fingerprint density at radius 2 is 1.62 bits per heavy atom. The minimum Gasteiger partial charge on any atom is -0.491 e. The summed E-state index contributed by atoms with van der Waals surface area (Å²) in [5, 5.41) is 10.5. The van der Waals surface area contributed by atoms with Crippen molar-refractivity contribution in [2.45, 2.75) is 0 Å². The second kappa shape index (κ2) is 9.43. The van der Waals surface area contributed by atoms with Gasteiger partial charge in [0.05, 0.1) is 19.8 Å². The smallest absolute Gasteiger partial charge is 0.363 e.